The summed E-state index contributed by atoms with van der Waals surface area (Å²) >= 11 is 0. The van der Waals surface area contributed by atoms with Gasteiger partial charge in [-0.25, -0.2) is 0 Å². The lowest BCUT2D eigenvalue weighted by molar-refractivity contribution is 0.352. The maximum Gasteiger partial charge on any atom is 0.0215 e. The maximum atomic E-state index is 2.63. The Morgan fingerprint density at radius 1 is 0.581 bits per heavy atom. The van der Waals surface area contributed by atoms with Crippen LogP contribution in [0.4, 0.5) is 0 Å². The van der Waals surface area contributed by atoms with Gasteiger partial charge in [-0.3, -0.25) is 0 Å². The van der Waals surface area contributed by atoms with Gasteiger partial charge in [0.15, 0.2) is 0 Å². The van der Waals surface area contributed by atoms with E-state index in [1.54, 1.807) is 11.1 Å². The molecular formula is C43H38. The van der Waals surface area contributed by atoms with Crippen LogP contribution in [-0.4, -0.2) is 0 Å². The van der Waals surface area contributed by atoms with Crippen LogP contribution >= 0.6 is 0 Å². The van der Waals surface area contributed by atoms with Gasteiger partial charge < -0.3 is 0 Å². The molecule has 0 radical (unpaired) electrons. The van der Waals surface area contributed by atoms with Crippen molar-refractivity contribution >= 4 is 21.5 Å². The van der Waals surface area contributed by atoms with Crippen molar-refractivity contribution in [2.45, 2.75) is 63.7 Å². The van der Waals surface area contributed by atoms with Crippen molar-refractivity contribution < 1.29 is 0 Å². The molecule has 1 saturated carbocycles. The van der Waals surface area contributed by atoms with Crippen molar-refractivity contribution in [3.05, 3.63) is 143 Å². The van der Waals surface area contributed by atoms with E-state index < -0.39 is 0 Å². The molecule has 1 fully saturated rings. The summed E-state index contributed by atoms with van der Waals surface area (Å²) in [5.41, 5.74) is 15.3. The Bertz CT molecular complexity index is 2050. The van der Waals surface area contributed by atoms with E-state index in [0.717, 1.165) is 19.3 Å². The fourth-order valence-corrected chi connectivity index (χ4v) is 9.25. The smallest absolute Gasteiger partial charge is 0.0215 e. The average Bonchev–Trinajstić information content (AvgIpc) is 3.55. The van der Waals surface area contributed by atoms with Gasteiger partial charge in [0.2, 0.25) is 0 Å². The Labute approximate surface area is 255 Å². The molecule has 0 bridgehead atoms. The molecule has 0 aromatic heterocycles. The summed E-state index contributed by atoms with van der Waals surface area (Å²) in [6.45, 7) is 2.46. The van der Waals surface area contributed by atoms with E-state index in [-0.39, 0.29) is 5.41 Å². The third-order valence-corrected chi connectivity index (χ3v) is 11.1. The first-order valence-electron chi connectivity index (χ1n) is 16.5. The van der Waals surface area contributed by atoms with E-state index in [9.17, 15) is 0 Å². The molecule has 3 aliphatic rings. The lowest BCUT2D eigenvalue weighted by Crippen LogP contribution is -2.28. The van der Waals surface area contributed by atoms with E-state index in [0.29, 0.717) is 5.92 Å². The van der Waals surface area contributed by atoms with Gasteiger partial charge in [-0.1, -0.05) is 135 Å². The molecule has 9 rings (SSSR count). The minimum atomic E-state index is 0.192. The molecule has 1 spiro atoms. The predicted octanol–water partition coefficient (Wildman–Crippen LogP) is 11.2. The summed E-state index contributed by atoms with van der Waals surface area (Å²) in [6, 6.07) is 42.1. The Hall–Kier alpha value is -4.16. The zero-order chi connectivity index (χ0) is 28.5. The average molecular weight is 555 g/mol. The summed E-state index contributed by atoms with van der Waals surface area (Å²) in [6.07, 6.45) is 9.89. The van der Waals surface area contributed by atoms with E-state index >= 15 is 0 Å². The number of rotatable bonds is 4. The summed E-state index contributed by atoms with van der Waals surface area (Å²) in [5.74, 6) is 0.565. The van der Waals surface area contributed by atoms with Gasteiger partial charge in [-0.15, -0.1) is 0 Å². The highest BCUT2D eigenvalue weighted by atomic mass is 14.5. The van der Waals surface area contributed by atoms with Crippen LogP contribution < -0.4 is 0 Å². The van der Waals surface area contributed by atoms with Crippen LogP contribution in [0.3, 0.4) is 0 Å². The van der Waals surface area contributed by atoms with Crippen molar-refractivity contribution in [2.24, 2.45) is 5.92 Å². The Morgan fingerprint density at radius 2 is 1.35 bits per heavy atom. The van der Waals surface area contributed by atoms with Crippen molar-refractivity contribution in [2.75, 3.05) is 0 Å². The molecule has 6 aromatic carbocycles. The first-order chi connectivity index (χ1) is 21.2. The van der Waals surface area contributed by atoms with Gasteiger partial charge >= 0.3 is 0 Å². The van der Waals surface area contributed by atoms with Crippen molar-refractivity contribution in [3.8, 4) is 22.3 Å². The van der Waals surface area contributed by atoms with Crippen molar-refractivity contribution in [3.63, 3.8) is 0 Å². The van der Waals surface area contributed by atoms with Crippen LogP contribution in [0.5, 0.6) is 0 Å². The quantitative estimate of drug-likeness (QED) is 0.203. The highest BCUT2D eigenvalue weighted by Crippen LogP contribution is 2.57. The normalized spacial score (nSPS) is 16.7. The minimum absolute atomic E-state index is 0.192. The Morgan fingerprint density at radius 3 is 2.23 bits per heavy atom. The lowest BCUT2D eigenvalue weighted by Gasteiger charge is -2.36. The van der Waals surface area contributed by atoms with E-state index in [4.69, 9.17) is 0 Å². The first kappa shape index (κ1) is 25.3. The highest BCUT2D eigenvalue weighted by Gasteiger charge is 2.44. The topological polar surface area (TPSA) is 0 Å². The second-order valence-electron chi connectivity index (χ2n) is 13.7. The second kappa shape index (κ2) is 9.68. The standard InChI is InChI=1S/C43H38/c1-28(24-32-27-33-26-31-12-4-6-15-36(31)41(33)37-16-8-7-13-34(32)37)23-29-17-19-38-40(25-29)43(21-9-2-10-22-43)39-20-18-30-11-3-5-14-35(30)42(38)39/h3-8,11-20,25,27-28H,2,9-10,21-24,26H2,1H3. The zero-order valence-electron chi connectivity index (χ0n) is 25.1. The molecule has 1 atom stereocenters. The van der Waals surface area contributed by atoms with Gasteiger partial charge in [0.25, 0.3) is 0 Å². The molecule has 1 unspecified atom stereocenters. The van der Waals surface area contributed by atoms with Crippen molar-refractivity contribution in [1.82, 2.24) is 0 Å². The van der Waals surface area contributed by atoms with Gasteiger partial charge in [0.05, 0.1) is 0 Å². The summed E-state index contributed by atoms with van der Waals surface area (Å²) in [5, 5.41) is 5.65. The monoisotopic (exact) mass is 554 g/mol. The lowest BCUT2D eigenvalue weighted by atomic mass is 9.67. The Kier molecular flexibility index (Phi) is 5.71. The Balaban J connectivity index is 1.08. The van der Waals surface area contributed by atoms with Crippen LogP contribution in [0, 0.1) is 5.92 Å². The molecule has 210 valence electrons. The molecule has 43 heavy (non-hydrogen) atoms. The zero-order valence-corrected chi connectivity index (χ0v) is 25.1. The molecule has 0 nitrogen and oxygen atoms in total. The highest BCUT2D eigenvalue weighted by molar-refractivity contribution is 6.03. The minimum Gasteiger partial charge on any atom is -0.0619 e. The summed E-state index contributed by atoms with van der Waals surface area (Å²) in [4.78, 5) is 0. The molecular weight excluding hydrogens is 516 g/mol. The second-order valence-corrected chi connectivity index (χ2v) is 13.7. The molecule has 0 heteroatoms. The van der Waals surface area contributed by atoms with Crippen LogP contribution in [0.15, 0.2) is 109 Å². The fourth-order valence-electron chi connectivity index (χ4n) is 9.25. The van der Waals surface area contributed by atoms with Crippen LogP contribution in [-0.2, 0) is 24.7 Å². The molecule has 6 aromatic rings. The van der Waals surface area contributed by atoms with E-state index in [2.05, 4.69) is 116 Å². The molecule has 0 amide bonds. The number of hydrogen-bond acceptors (Lipinski definition) is 0. The van der Waals surface area contributed by atoms with Crippen LogP contribution in [0.2, 0.25) is 0 Å². The number of benzene rings is 6. The fraction of sp³-hybridized carbons (Fsp3) is 0.256. The molecule has 0 heterocycles. The largest absolute Gasteiger partial charge is 0.0619 e. The molecule has 0 aliphatic heterocycles. The SMILES string of the molecule is CC(Cc1ccc2c(c1)C1(CCCCC1)c1ccc3ccccc3c1-2)Cc1cc2c(c3ccccc13)-c1ccccc1C2. The molecule has 3 aliphatic carbocycles. The van der Waals surface area contributed by atoms with Gasteiger partial charge in [-0.05, 0) is 115 Å². The van der Waals surface area contributed by atoms with Crippen molar-refractivity contribution in [1.29, 1.82) is 0 Å². The summed E-state index contributed by atoms with van der Waals surface area (Å²) < 4.78 is 0. The van der Waals surface area contributed by atoms with Crippen LogP contribution in [0.25, 0.3) is 43.8 Å². The first-order valence-corrected chi connectivity index (χ1v) is 16.5. The van der Waals surface area contributed by atoms with E-state index in [1.165, 1.54) is 98.2 Å². The van der Waals surface area contributed by atoms with Gasteiger partial charge in [0, 0.05) is 5.41 Å². The molecule has 0 saturated heterocycles. The van der Waals surface area contributed by atoms with Crippen LogP contribution in [0.1, 0.15) is 72.4 Å². The maximum absolute atomic E-state index is 2.63. The molecule has 0 N–H and O–H groups in total. The van der Waals surface area contributed by atoms with E-state index in [1.807, 2.05) is 0 Å². The predicted molar refractivity (Wildman–Crippen MR) is 182 cm³/mol. The number of hydrogen-bond donors (Lipinski definition) is 0. The summed E-state index contributed by atoms with van der Waals surface area (Å²) in [7, 11) is 0. The third kappa shape index (κ3) is 3.82. The van der Waals surface area contributed by atoms with Gasteiger partial charge in [0.1, 0.15) is 0 Å². The third-order valence-electron chi connectivity index (χ3n) is 11.1. The van der Waals surface area contributed by atoms with Gasteiger partial charge in [-0.2, -0.15) is 0 Å². The number of fused-ring (bicyclic) bond motifs is 12.